The Morgan fingerprint density at radius 3 is 2.48 bits per heavy atom. The number of carbonyl (C=O) groups excluding carboxylic acids is 1. The number of hydrogen-bond donors (Lipinski definition) is 3. The Balaban J connectivity index is 1.78. The molecule has 1 fully saturated rings. The molecule has 0 bridgehead atoms. The first-order valence-corrected chi connectivity index (χ1v) is 6.50. The van der Waals surface area contributed by atoms with E-state index in [-0.39, 0.29) is 11.8 Å². The van der Waals surface area contributed by atoms with Gasteiger partial charge < -0.3 is 21.1 Å². The maximum Gasteiger partial charge on any atom is 0.573 e. The van der Waals surface area contributed by atoms with E-state index < -0.39 is 12.4 Å². The smallest absolute Gasteiger partial charge is 0.406 e. The van der Waals surface area contributed by atoms with E-state index in [4.69, 9.17) is 5.73 Å². The van der Waals surface area contributed by atoms with Crippen LogP contribution in [0.4, 0.5) is 23.7 Å². The van der Waals surface area contributed by atoms with E-state index in [1.165, 1.54) is 12.1 Å². The molecular weight excluding hydrogens is 287 g/mol. The van der Waals surface area contributed by atoms with E-state index in [1.54, 1.807) is 0 Å². The summed E-state index contributed by atoms with van der Waals surface area (Å²) in [6.45, 7) is 0.367. The second-order valence-electron chi connectivity index (χ2n) is 4.91. The first kappa shape index (κ1) is 15.4. The Bertz CT molecular complexity index is 486. The van der Waals surface area contributed by atoms with E-state index in [2.05, 4.69) is 15.4 Å². The van der Waals surface area contributed by atoms with Gasteiger partial charge in [-0.15, -0.1) is 13.2 Å². The van der Waals surface area contributed by atoms with Crippen molar-refractivity contribution in [1.82, 2.24) is 5.32 Å². The number of amides is 2. The van der Waals surface area contributed by atoms with Gasteiger partial charge in [-0.05, 0) is 43.0 Å². The molecule has 21 heavy (non-hydrogen) atoms. The molecule has 116 valence electrons. The summed E-state index contributed by atoms with van der Waals surface area (Å²) in [5.41, 5.74) is 6.20. The lowest BCUT2D eigenvalue weighted by Gasteiger charge is -2.13. The van der Waals surface area contributed by atoms with E-state index in [9.17, 15) is 18.0 Å². The van der Waals surface area contributed by atoms with Crippen molar-refractivity contribution in [3.8, 4) is 5.75 Å². The number of rotatable bonds is 5. The molecule has 4 N–H and O–H groups in total. The minimum atomic E-state index is -4.73. The van der Waals surface area contributed by atoms with Crippen molar-refractivity contribution in [2.75, 3.05) is 11.9 Å². The Kier molecular flexibility index (Phi) is 4.56. The van der Waals surface area contributed by atoms with Gasteiger partial charge in [0.05, 0.1) is 0 Å². The first-order valence-electron chi connectivity index (χ1n) is 6.50. The van der Waals surface area contributed by atoms with Gasteiger partial charge in [-0.1, -0.05) is 0 Å². The molecule has 0 aromatic heterocycles. The molecule has 2 amide bonds. The zero-order valence-electron chi connectivity index (χ0n) is 11.1. The molecule has 1 aromatic carbocycles. The van der Waals surface area contributed by atoms with Crippen molar-refractivity contribution in [2.24, 2.45) is 11.7 Å². The molecule has 1 atom stereocenters. The molecule has 8 heteroatoms. The maximum atomic E-state index is 12.0. The predicted molar refractivity (Wildman–Crippen MR) is 70.8 cm³/mol. The highest BCUT2D eigenvalue weighted by Crippen LogP contribution is 2.31. The van der Waals surface area contributed by atoms with Crippen molar-refractivity contribution in [2.45, 2.75) is 25.2 Å². The number of nitrogens with two attached hydrogens (primary N) is 1. The quantitative estimate of drug-likeness (QED) is 0.782. The van der Waals surface area contributed by atoms with Crippen molar-refractivity contribution in [3.63, 3.8) is 0 Å². The molecule has 1 saturated carbocycles. The number of alkyl halides is 3. The van der Waals surface area contributed by atoms with Crippen LogP contribution in [0.15, 0.2) is 24.3 Å². The average molecular weight is 303 g/mol. The summed E-state index contributed by atoms with van der Waals surface area (Å²) < 4.78 is 39.7. The third-order valence-corrected chi connectivity index (χ3v) is 3.07. The number of carbonyl (C=O) groups is 1. The van der Waals surface area contributed by atoms with Gasteiger partial charge in [0.2, 0.25) is 0 Å². The van der Waals surface area contributed by atoms with E-state index in [0.717, 1.165) is 25.0 Å². The second kappa shape index (κ2) is 6.21. The third-order valence-electron chi connectivity index (χ3n) is 3.07. The van der Waals surface area contributed by atoms with Crippen LogP contribution < -0.4 is 21.1 Å². The van der Waals surface area contributed by atoms with Crippen LogP contribution in [0.1, 0.15) is 12.8 Å². The van der Waals surface area contributed by atoms with Crippen LogP contribution in [0.5, 0.6) is 5.75 Å². The molecule has 1 aliphatic carbocycles. The highest BCUT2D eigenvalue weighted by Gasteiger charge is 2.31. The summed E-state index contributed by atoms with van der Waals surface area (Å²) in [4.78, 5) is 11.6. The average Bonchev–Trinajstić information content (AvgIpc) is 3.21. The fourth-order valence-corrected chi connectivity index (χ4v) is 1.82. The summed E-state index contributed by atoms with van der Waals surface area (Å²) in [5.74, 6) is 0.133. The zero-order valence-corrected chi connectivity index (χ0v) is 11.1. The molecule has 0 heterocycles. The van der Waals surface area contributed by atoms with Gasteiger partial charge in [-0.2, -0.15) is 0 Å². The number of hydrogen-bond acceptors (Lipinski definition) is 3. The van der Waals surface area contributed by atoms with Crippen LogP contribution in [0.25, 0.3) is 0 Å². The van der Waals surface area contributed by atoms with E-state index >= 15 is 0 Å². The number of anilines is 1. The number of ether oxygens (including phenoxy) is 1. The van der Waals surface area contributed by atoms with Gasteiger partial charge >= 0.3 is 12.4 Å². The highest BCUT2D eigenvalue weighted by atomic mass is 19.4. The van der Waals surface area contributed by atoms with Crippen LogP contribution in [0.3, 0.4) is 0 Å². The summed E-state index contributed by atoms with van der Waals surface area (Å²) in [6.07, 6.45) is -2.55. The normalized spacial score (nSPS) is 16.2. The van der Waals surface area contributed by atoms with Crippen molar-refractivity contribution in [1.29, 1.82) is 0 Å². The van der Waals surface area contributed by atoms with Gasteiger partial charge in [0.1, 0.15) is 5.75 Å². The lowest BCUT2D eigenvalue weighted by Crippen LogP contribution is -2.40. The SMILES string of the molecule is NC(CNC(=O)Nc1ccc(OC(F)(F)F)cc1)C1CC1. The molecule has 1 unspecified atom stereocenters. The van der Waals surface area contributed by atoms with Crippen LogP contribution in [0, 0.1) is 5.92 Å². The monoisotopic (exact) mass is 303 g/mol. The van der Waals surface area contributed by atoms with Gasteiger partial charge in [-0.25, -0.2) is 4.79 Å². The van der Waals surface area contributed by atoms with Crippen LogP contribution >= 0.6 is 0 Å². The molecule has 1 aliphatic rings. The fourth-order valence-electron chi connectivity index (χ4n) is 1.82. The topological polar surface area (TPSA) is 76.4 Å². The van der Waals surface area contributed by atoms with Crippen LogP contribution in [-0.2, 0) is 0 Å². The van der Waals surface area contributed by atoms with E-state index in [0.29, 0.717) is 18.2 Å². The molecule has 1 aromatic rings. The molecule has 2 rings (SSSR count). The summed E-state index contributed by atoms with van der Waals surface area (Å²) in [5, 5.41) is 5.12. The molecular formula is C13H16F3N3O2. The Morgan fingerprint density at radius 1 is 1.33 bits per heavy atom. The van der Waals surface area contributed by atoms with Crippen LogP contribution in [0.2, 0.25) is 0 Å². The van der Waals surface area contributed by atoms with Gasteiger partial charge in [-0.3, -0.25) is 0 Å². The Hall–Kier alpha value is -1.96. The molecule has 5 nitrogen and oxygen atoms in total. The predicted octanol–water partition coefficient (Wildman–Crippen LogP) is 2.44. The Morgan fingerprint density at radius 2 is 1.95 bits per heavy atom. The fraction of sp³-hybridized carbons (Fsp3) is 0.462. The number of halogens is 3. The van der Waals surface area contributed by atoms with Gasteiger partial charge in [0.15, 0.2) is 0 Å². The van der Waals surface area contributed by atoms with Crippen molar-refractivity contribution < 1.29 is 22.7 Å². The minimum Gasteiger partial charge on any atom is -0.406 e. The van der Waals surface area contributed by atoms with Crippen molar-refractivity contribution >= 4 is 11.7 Å². The highest BCUT2D eigenvalue weighted by molar-refractivity contribution is 5.89. The van der Waals surface area contributed by atoms with Gasteiger partial charge in [0.25, 0.3) is 0 Å². The molecule has 0 spiro atoms. The molecule has 0 aliphatic heterocycles. The molecule has 0 radical (unpaired) electrons. The maximum absolute atomic E-state index is 12.0. The Labute approximate surface area is 119 Å². The van der Waals surface area contributed by atoms with Gasteiger partial charge in [0, 0.05) is 18.3 Å². The molecule has 0 saturated heterocycles. The van der Waals surface area contributed by atoms with Crippen molar-refractivity contribution in [3.05, 3.63) is 24.3 Å². The minimum absolute atomic E-state index is 0.0571. The van der Waals surface area contributed by atoms with Crippen LogP contribution in [-0.4, -0.2) is 25.0 Å². The van der Waals surface area contributed by atoms with E-state index in [1.807, 2.05) is 0 Å². The summed E-state index contributed by atoms with van der Waals surface area (Å²) in [6, 6.07) is 4.38. The number of nitrogens with one attached hydrogen (secondary N) is 2. The largest absolute Gasteiger partial charge is 0.573 e. The lowest BCUT2D eigenvalue weighted by atomic mass is 10.2. The second-order valence-corrected chi connectivity index (χ2v) is 4.91. The number of urea groups is 1. The third kappa shape index (κ3) is 5.50. The number of benzene rings is 1. The first-order chi connectivity index (χ1) is 9.83. The zero-order chi connectivity index (χ0) is 15.5. The summed E-state index contributed by atoms with van der Waals surface area (Å²) in [7, 11) is 0. The lowest BCUT2D eigenvalue weighted by molar-refractivity contribution is -0.274. The standard InChI is InChI=1S/C13H16F3N3O2/c14-13(15,16)21-10-5-3-9(4-6-10)19-12(20)18-7-11(17)8-1-2-8/h3-6,8,11H,1-2,7,17H2,(H2,18,19,20). The summed E-state index contributed by atoms with van der Waals surface area (Å²) >= 11 is 0.